The summed E-state index contributed by atoms with van der Waals surface area (Å²) in [6.07, 6.45) is 4.45. The van der Waals surface area contributed by atoms with E-state index in [1.807, 2.05) is 29.7 Å². The first-order valence-corrected chi connectivity index (χ1v) is 13.6. The Balaban J connectivity index is 2.16. The maximum absolute atomic E-state index is 13.8. The minimum absolute atomic E-state index is 0.0114. The van der Waals surface area contributed by atoms with Gasteiger partial charge in [0.05, 0.1) is 31.9 Å². The lowest BCUT2D eigenvalue weighted by Gasteiger charge is -2.17. The van der Waals surface area contributed by atoms with Gasteiger partial charge in [0.2, 0.25) is 0 Å². The van der Waals surface area contributed by atoms with E-state index in [-0.39, 0.29) is 31.1 Å². The molecule has 1 atom stereocenters. The number of rotatable bonds is 11. The van der Waals surface area contributed by atoms with E-state index in [4.69, 9.17) is 14.5 Å². The lowest BCUT2D eigenvalue weighted by molar-refractivity contribution is -0.134. The maximum Gasteiger partial charge on any atom is 0.412 e. The van der Waals surface area contributed by atoms with E-state index in [9.17, 15) is 9.59 Å². The monoisotopic (exact) mass is 528 g/mol. The highest BCUT2D eigenvalue weighted by Gasteiger charge is 2.29. The average molecular weight is 528 g/mol. The number of nitrogens with zero attached hydrogens (tertiary/aromatic N) is 1. The molecule has 1 aliphatic heterocycles. The Bertz CT molecular complexity index is 1390. The Kier molecular flexibility index (Phi) is 11.0. The van der Waals surface area contributed by atoms with Gasteiger partial charge in [-0.05, 0) is 77.5 Å². The molecule has 39 heavy (non-hydrogen) atoms. The van der Waals surface area contributed by atoms with Crippen LogP contribution in [0.5, 0.6) is 0 Å². The van der Waals surface area contributed by atoms with Gasteiger partial charge in [-0.3, -0.25) is 9.59 Å². The highest BCUT2D eigenvalue weighted by atomic mass is 16.5. The van der Waals surface area contributed by atoms with Crippen LogP contribution in [0.2, 0.25) is 0 Å². The molecule has 1 N–H and O–H groups in total. The van der Waals surface area contributed by atoms with Crippen molar-refractivity contribution in [2.75, 3.05) is 13.7 Å². The lowest BCUT2D eigenvalue weighted by atomic mass is 9.82. The number of benzene rings is 1. The molecule has 205 valence electrons. The molecule has 1 aromatic carbocycles. The maximum atomic E-state index is 13.8. The molecule has 0 aliphatic carbocycles. The molecule has 1 unspecified atom stereocenters. The van der Waals surface area contributed by atoms with Crippen LogP contribution in [0.3, 0.4) is 0 Å². The summed E-state index contributed by atoms with van der Waals surface area (Å²) in [5.74, 6) is 5.76. The van der Waals surface area contributed by atoms with Crippen molar-refractivity contribution >= 4 is 30.1 Å². The summed E-state index contributed by atoms with van der Waals surface area (Å²) in [6, 6.07) is 8.11. The summed E-state index contributed by atoms with van der Waals surface area (Å²) in [6.45, 7) is 10.7. The highest BCUT2D eigenvalue weighted by molar-refractivity contribution is 6.49. The molecule has 0 bridgehead atoms. The smallest absolute Gasteiger partial charge is 0.412 e. The molecule has 3 rings (SSSR count). The number of carbonyl (C=O) groups is 1. The third-order valence-electron chi connectivity index (χ3n) is 7.11. The van der Waals surface area contributed by atoms with Crippen molar-refractivity contribution in [2.45, 2.75) is 79.4 Å². The van der Waals surface area contributed by atoms with Crippen molar-refractivity contribution in [1.29, 1.82) is 0 Å². The van der Waals surface area contributed by atoms with Gasteiger partial charge in [-0.15, -0.1) is 11.8 Å². The van der Waals surface area contributed by atoms with Crippen molar-refractivity contribution in [3.8, 4) is 11.8 Å². The van der Waals surface area contributed by atoms with Gasteiger partial charge < -0.3 is 19.1 Å². The number of ether oxygens (including phenoxy) is 1. The van der Waals surface area contributed by atoms with E-state index in [1.165, 1.54) is 7.48 Å². The number of hydrogen-bond acceptors (Lipinski definition) is 5. The fraction of sp³-hybridized carbons (Fsp3) is 0.438. The molecule has 2 aromatic rings. The van der Waals surface area contributed by atoms with Crippen LogP contribution >= 0.6 is 0 Å². The minimum Gasteiger partial charge on any atom is -0.533 e. The predicted octanol–water partition coefficient (Wildman–Crippen LogP) is 4.66. The van der Waals surface area contributed by atoms with Gasteiger partial charge in [0, 0.05) is 19.1 Å². The van der Waals surface area contributed by atoms with Crippen LogP contribution in [0.15, 0.2) is 40.7 Å². The SMILES string of the molecule is CC#CCC(C)c1cc2n(c(=O)c1COC)CC(=C(\CC)c1cc([B]OC(=O)CCO)ccc1C)/C2=C\CC. The van der Waals surface area contributed by atoms with Crippen LogP contribution in [0.1, 0.15) is 87.2 Å². The fourth-order valence-corrected chi connectivity index (χ4v) is 5.16. The quantitative estimate of drug-likeness (QED) is 0.339. The van der Waals surface area contributed by atoms with Gasteiger partial charge in [-0.1, -0.05) is 45.0 Å². The van der Waals surface area contributed by atoms with Crippen LogP contribution in [0.25, 0.3) is 11.1 Å². The number of pyridine rings is 1. The van der Waals surface area contributed by atoms with Crippen LogP contribution in [-0.4, -0.2) is 36.8 Å². The van der Waals surface area contributed by atoms with E-state index in [0.29, 0.717) is 18.5 Å². The normalized spacial score (nSPS) is 15.4. The number of allylic oxidation sites excluding steroid dienone is 4. The Morgan fingerprint density at radius 1 is 1.28 bits per heavy atom. The number of aliphatic hydroxyl groups is 1. The summed E-state index contributed by atoms with van der Waals surface area (Å²) in [5.41, 5.74) is 8.92. The number of methoxy groups -OCH3 is 1. The average Bonchev–Trinajstić information content (AvgIpc) is 3.28. The highest BCUT2D eigenvalue weighted by Crippen LogP contribution is 2.40. The van der Waals surface area contributed by atoms with E-state index in [2.05, 4.69) is 51.7 Å². The van der Waals surface area contributed by atoms with Gasteiger partial charge in [0.15, 0.2) is 0 Å². The second-order valence-electron chi connectivity index (χ2n) is 9.81. The molecule has 2 heterocycles. The van der Waals surface area contributed by atoms with Crippen molar-refractivity contribution in [2.24, 2.45) is 0 Å². The first-order chi connectivity index (χ1) is 18.8. The molecule has 1 aliphatic rings. The van der Waals surface area contributed by atoms with Gasteiger partial charge >= 0.3 is 7.48 Å². The van der Waals surface area contributed by atoms with E-state index in [1.54, 1.807) is 7.11 Å². The number of hydrogen-bond donors (Lipinski definition) is 1. The van der Waals surface area contributed by atoms with Crippen LogP contribution < -0.4 is 11.0 Å². The molecule has 7 heteroatoms. The number of carbonyl (C=O) groups excluding carboxylic acids is 1. The van der Waals surface area contributed by atoms with Crippen LogP contribution in [0, 0.1) is 18.8 Å². The Hall–Kier alpha value is -3.34. The van der Waals surface area contributed by atoms with E-state index in [0.717, 1.165) is 57.4 Å². The number of aliphatic hydroxyl groups excluding tert-OH is 1. The Morgan fingerprint density at radius 2 is 2.05 bits per heavy atom. The second kappa shape index (κ2) is 14.2. The zero-order valence-corrected chi connectivity index (χ0v) is 24.0. The van der Waals surface area contributed by atoms with Crippen molar-refractivity contribution in [1.82, 2.24) is 4.57 Å². The minimum atomic E-state index is -0.478. The van der Waals surface area contributed by atoms with Crippen molar-refractivity contribution in [3.05, 3.63) is 74.2 Å². The summed E-state index contributed by atoms with van der Waals surface area (Å²) >= 11 is 0. The lowest BCUT2D eigenvalue weighted by Crippen LogP contribution is -2.26. The number of aryl methyl sites for hydroxylation is 1. The first-order valence-electron chi connectivity index (χ1n) is 13.6. The third-order valence-corrected chi connectivity index (χ3v) is 7.11. The molecule has 0 spiro atoms. The van der Waals surface area contributed by atoms with E-state index < -0.39 is 5.97 Å². The Morgan fingerprint density at radius 3 is 2.69 bits per heavy atom. The molecular weight excluding hydrogens is 489 g/mol. The van der Waals surface area contributed by atoms with Crippen molar-refractivity contribution < 1.29 is 19.3 Å². The zero-order valence-electron chi connectivity index (χ0n) is 24.0. The molecule has 0 saturated heterocycles. The van der Waals surface area contributed by atoms with Gasteiger partial charge in [-0.2, -0.15) is 0 Å². The number of aromatic nitrogens is 1. The van der Waals surface area contributed by atoms with Crippen LogP contribution in [-0.2, 0) is 27.3 Å². The largest absolute Gasteiger partial charge is 0.533 e. The number of fused-ring (bicyclic) bond motifs is 1. The Labute approximate surface area is 233 Å². The first kappa shape index (κ1) is 30.2. The molecular formula is C32H39BNO5. The molecule has 0 saturated carbocycles. The van der Waals surface area contributed by atoms with Gasteiger partial charge in [0.1, 0.15) is 0 Å². The summed E-state index contributed by atoms with van der Waals surface area (Å²) in [4.78, 5) is 25.6. The third kappa shape index (κ3) is 6.82. The summed E-state index contributed by atoms with van der Waals surface area (Å²) in [7, 11) is 3.05. The van der Waals surface area contributed by atoms with Crippen LogP contribution in [0.4, 0.5) is 0 Å². The summed E-state index contributed by atoms with van der Waals surface area (Å²) in [5, 5.41) is 8.97. The standard InChI is InChI=1S/C32H39BNO5/c1-7-10-12-21(4)27-18-30-25(11-8-2)28(19-34(30)32(37)29(27)20-38-6)24(9-3)26-17-23(14-13-22(26)5)33-39-31(36)15-16-35/h11,13-14,17-18,21,35H,8-9,12,15-16,19-20H2,1-6H3/b25-11+,28-24-. The zero-order chi connectivity index (χ0) is 28.5. The van der Waals surface area contributed by atoms with Gasteiger partial charge in [-0.25, -0.2) is 0 Å². The summed E-state index contributed by atoms with van der Waals surface area (Å²) < 4.78 is 12.5. The second-order valence-corrected chi connectivity index (χ2v) is 9.81. The topological polar surface area (TPSA) is 77.8 Å². The van der Waals surface area contributed by atoms with Crippen molar-refractivity contribution in [3.63, 3.8) is 0 Å². The van der Waals surface area contributed by atoms with E-state index >= 15 is 0 Å². The molecule has 1 radical (unpaired) electrons. The van der Waals surface area contributed by atoms with Gasteiger partial charge in [0.25, 0.3) is 11.5 Å². The fourth-order valence-electron chi connectivity index (χ4n) is 5.16. The predicted molar refractivity (Wildman–Crippen MR) is 158 cm³/mol. The molecule has 0 amide bonds. The molecule has 6 nitrogen and oxygen atoms in total. The molecule has 0 fully saturated rings. The molecule has 1 aromatic heterocycles.